The number of benzene rings is 2. The van der Waals surface area contributed by atoms with Gasteiger partial charge >= 0.3 is 0 Å². The Morgan fingerprint density at radius 1 is 0.943 bits per heavy atom. The summed E-state index contributed by atoms with van der Waals surface area (Å²) in [5, 5.41) is 5.67. The van der Waals surface area contributed by atoms with Crippen LogP contribution in [0, 0.1) is 32.4 Å². The lowest BCUT2D eigenvalue weighted by molar-refractivity contribution is -0.131. The molecule has 0 N–H and O–H groups in total. The molecule has 4 aromatic rings. The zero-order valence-electron chi connectivity index (χ0n) is 19.8. The van der Waals surface area contributed by atoms with Gasteiger partial charge in [-0.25, -0.2) is 23.4 Å². The van der Waals surface area contributed by atoms with Gasteiger partial charge in [0.25, 0.3) is 0 Å². The first-order valence-corrected chi connectivity index (χ1v) is 12.3. The second-order valence-corrected chi connectivity index (χ2v) is 10.1. The van der Waals surface area contributed by atoms with Crippen molar-refractivity contribution >= 4 is 17.2 Å². The average molecular weight is 494 g/mol. The molecule has 0 fully saturated rings. The van der Waals surface area contributed by atoms with E-state index in [4.69, 9.17) is 0 Å². The van der Waals surface area contributed by atoms with Crippen LogP contribution in [-0.4, -0.2) is 43.6 Å². The number of hydrogen-bond donors (Lipinski definition) is 0. The number of carbonyl (C=O) groups excluding carboxylic acids is 1. The van der Waals surface area contributed by atoms with Crippen molar-refractivity contribution in [2.75, 3.05) is 13.1 Å². The summed E-state index contributed by atoms with van der Waals surface area (Å²) in [7, 11) is 0. The number of nitrogens with zero attached hydrogens (tertiary/aromatic N) is 5. The van der Waals surface area contributed by atoms with Gasteiger partial charge < -0.3 is 4.90 Å². The van der Waals surface area contributed by atoms with Gasteiger partial charge in [0, 0.05) is 41.9 Å². The molecule has 35 heavy (non-hydrogen) atoms. The van der Waals surface area contributed by atoms with Crippen molar-refractivity contribution < 1.29 is 13.6 Å². The lowest BCUT2D eigenvalue weighted by Crippen LogP contribution is -2.36. The molecule has 180 valence electrons. The molecule has 0 radical (unpaired) electrons. The predicted octanol–water partition coefficient (Wildman–Crippen LogP) is 4.90. The molecule has 0 saturated heterocycles. The van der Waals surface area contributed by atoms with Crippen LogP contribution < -0.4 is 0 Å². The SMILES string of the molecule is Cc1nc2c(s1)CCN(C(=O)Cn1nc(-c3ccc(F)c(C)c3)nc1-c1ccc(F)c(C)c1)CC2. The summed E-state index contributed by atoms with van der Waals surface area (Å²) >= 11 is 1.69. The van der Waals surface area contributed by atoms with Crippen molar-refractivity contribution in [1.82, 2.24) is 24.6 Å². The summed E-state index contributed by atoms with van der Waals surface area (Å²) in [6.07, 6.45) is 1.51. The van der Waals surface area contributed by atoms with E-state index < -0.39 is 0 Å². The fraction of sp³-hybridized carbons (Fsp3) is 0.308. The van der Waals surface area contributed by atoms with Crippen molar-refractivity contribution in [3.8, 4) is 22.8 Å². The molecule has 1 amide bonds. The fourth-order valence-corrected chi connectivity index (χ4v) is 5.30. The van der Waals surface area contributed by atoms with Crippen molar-refractivity contribution in [2.45, 2.75) is 40.2 Å². The van der Waals surface area contributed by atoms with E-state index in [0.717, 1.165) is 23.5 Å². The lowest BCUT2D eigenvalue weighted by Gasteiger charge is -2.20. The van der Waals surface area contributed by atoms with Crippen LogP contribution in [0.3, 0.4) is 0 Å². The number of carbonyl (C=O) groups is 1. The third kappa shape index (κ3) is 4.73. The van der Waals surface area contributed by atoms with E-state index in [1.54, 1.807) is 54.1 Å². The molecule has 5 rings (SSSR count). The first-order valence-electron chi connectivity index (χ1n) is 11.5. The molecule has 1 aliphatic heterocycles. The Hall–Kier alpha value is -3.46. The highest BCUT2D eigenvalue weighted by molar-refractivity contribution is 7.11. The van der Waals surface area contributed by atoms with Crippen LogP contribution in [0.2, 0.25) is 0 Å². The number of halogens is 2. The number of thiazole rings is 1. The zero-order valence-corrected chi connectivity index (χ0v) is 20.6. The third-order valence-corrected chi connectivity index (χ3v) is 7.33. The molecule has 0 unspecified atom stereocenters. The highest BCUT2D eigenvalue weighted by atomic mass is 32.1. The van der Waals surface area contributed by atoms with Crippen molar-refractivity contribution in [3.05, 3.63) is 74.7 Å². The molecular formula is C26H25F2N5OS. The number of aromatic nitrogens is 4. The van der Waals surface area contributed by atoms with E-state index in [2.05, 4.69) is 15.1 Å². The van der Waals surface area contributed by atoms with Gasteiger partial charge in [-0.2, -0.15) is 0 Å². The summed E-state index contributed by atoms with van der Waals surface area (Å²) in [5.41, 5.74) is 3.35. The number of fused-ring (bicyclic) bond motifs is 1. The lowest BCUT2D eigenvalue weighted by atomic mass is 10.1. The summed E-state index contributed by atoms with van der Waals surface area (Å²) in [6, 6.07) is 9.38. The fourth-order valence-electron chi connectivity index (χ4n) is 4.33. The molecule has 2 aromatic carbocycles. The van der Waals surface area contributed by atoms with Gasteiger partial charge in [0.2, 0.25) is 5.91 Å². The molecule has 0 spiro atoms. The highest BCUT2D eigenvalue weighted by Gasteiger charge is 2.23. The van der Waals surface area contributed by atoms with Crippen LogP contribution in [0.25, 0.3) is 22.8 Å². The van der Waals surface area contributed by atoms with Crippen molar-refractivity contribution in [1.29, 1.82) is 0 Å². The summed E-state index contributed by atoms with van der Waals surface area (Å²) in [5.74, 6) is 0.159. The van der Waals surface area contributed by atoms with Gasteiger partial charge in [-0.05, 0) is 68.3 Å². The maximum absolute atomic E-state index is 13.9. The Balaban J connectivity index is 1.46. The van der Waals surface area contributed by atoms with Gasteiger partial charge in [-0.15, -0.1) is 16.4 Å². The molecular weight excluding hydrogens is 468 g/mol. The average Bonchev–Trinajstić information content (AvgIpc) is 3.34. The molecule has 9 heteroatoms. The first-order chi connectivity index (χ1) is 16.8. The topological polar surface area (TPSA) is 63.9 Å². The van der Waals surface area contributed by atoms with E-state index in [0.29, 0.717) is 47.0 Å². The Morgan fingerprint density at radius 2 is 1.60 bits per heavy atom. The quantitative estimate of drug-likeness (QED) is 0.406. The van der Waals surface area contributed by atoms with E-state index >= 15 is 0 Å². The third-order valence-electron chi connectivity index (χ3n) is 6.25. The van der Waals surface area contributed by atoms with Crippen LogP contribution in [0.15, 0.2) is 36.4 Å². The Morgan fingerprint density at radius 3 is 2.31 bits per heavy atom. The van der Waals surface area contributed by atoms with Crippen molar-refractivity contribution in [2.24, 2.45) is 0 Å². The zero-order chi connectivity index (χ0) is 24.7. The minimum Gasteiger partial charge on any atom is -0.340 e. The molecule has 0 saturated carbocycles. The van der Waals surface area contributed by atoms with E-state index in [9.17, 15) is 13.6 Å². The summed E-state index contributed by atoms with van der Waals surface area (Å²) in [4.78, 5) is 25.7. The van der Waals surface area contributed by atoms with Gasteiger partial charge in [-0.3, -0.25) is 4.79 Å². The molecule has 2 aromatic heterocycles. The van der Waals surface area contributed by atoms with Gasteiger partial charge in [0.05, 0.1) is 10.7 Å². The molecule has 0 atom stereocenters. The van der Waals surface area contributed by atoms with E-state index in [1.807, 2.05) is 11.8 Å². The largest absolute Gasteiger partial charge is 0.340 e. The van der Waals surface area contributed by atoms with Crippen LogP contribution >= 0.6 is 11.3 Å². The summed E-state index contributed by atoms with van der Waals surface area (Å²) < 4.78 is 29.3. The Labute approximate surface area is 206 Å². The number of aryl methyl sites for hydroxylation is 3. The molecule has 1 aliphatic rings. The molecule has 3 heterocycles. The van der Waals surface area contributed by atoms with Crippen LogP contribution in [0.5, 0.6) is 0 Å². The predicted molar refractivity (Wildman–Crippen MR) is 131 cm³/mol. The van der Waals surface area contributed by atoms with E-state index in [-0.39, 0.29) is 24.1 Å². The van der Waals surface area contributed by atoms with Crippen molar-refractivity contribution in [3.63, 3.8) is 0 Å². The smallest absolute Gasteiger partial charge is 0.244 e. The molecule has 0 aliphatic carbocycles. The normalized spacial score (nSPS) is 13.6. The van der Waals surface area contributed by atoms with Gasteiger partial charge in [0.15, 0.2) is 11.6 Å². The maximum Gasteiger partial charge on any atom is 0.244 e. The van der Waals surface area contributed by atoms with Gasteiger partial charge in [0.1, 0.15) is 18.2 Å². The highest BCUT2D eigenvalue weighted by Crippen LogP contribution is 2.26. The number of amides is 1. The number of hydrogen-bond acceptors (Lipinski definition) is 5. The Bertz CT molecular complexity index is 1400. The van der Waals surface area contributed by atoms with E-state index in [1.165, 1.54) is 17.0 Å². The van der Waals surface area contributed by atoms with Crippen LogP contribution in [-0.2, 0) is 24.2 Å². The number of rotatable bonds is 4. The standard InChI is InChI=1S/C26H25F2N5OS/c1-15-12-18(4-6-20(15)27)25-30-26(19-5-7-21(28)16(2)13-19)33(31-25)14-24(34)32-10-8-22-23(9-11-32)35-17(3)29-22/h4-7,12-13H,8-11,14H2,1-3H3. The van der Waals surface area contributed by atoms with Crippen LogP contribution in [0.4, 0.5) is 8.78 Å². The molecule has 0 bridgehead atoms. The Kier molecular flexibility index (Phi) is 6.19. The first kappa shape index (κ1) is 23.3. The molecule has 6 nitrogen and oxygen atoms in total. The van der Waals surface area contributed by atoms with Gasteiger partial charge in [-0.1, -0.05) is 0 Å². The van der Waals surface area contributed by atoms with Crippen LogP contribution in [0.1, 0.15) is 26.7 Å². The minimum absolute atomic E-state index is 0.000953. The second kappa shape index (κ2) is 9.30. The maximum atomic E-state index is 13.9. The summed E-state index contributed by atoms with van der Waals surface area (Å²) in [6.45, 7) is 6.58. The minimum atomic E-state index is -0.314. The second-order valence-electron chi connectivity index (χ2n) is 8.83. The monoisotopic (exact) mass is 493 g/mol.